The molecule has 1 fully saturated rings. The zero-order valence-electron chi connectivity index (χ0n) is 11.0. The third-order valence-corrected chi connectivity index (χ3v) is 3.45. The van der Waals surface area contributed by atoms with Crippen LogP contribution in [0.2, 0.25) is 0 Å². The van der Waals surface area contributed by atoms with Crippen molar-refractivity contribution in [3.8, 4) is 5.82 Å². The van der Waals surface area contributed by atoms with E-state index in [4.69, 9.17) is 0 Å². The van der Waals surface area contributed by atoms with Crippen molar-refractivity contribution in [2.24, 2.45) is 0 Å². The van der Waals surface area contributed by atoms with E-state index < -0.39 is 6.10 Å². The summed E-state index contributed by atoms with van der Waals surface area (Å²) in [4.78, 5) is 22.2. The average molecular weight is 272 g/mol. The number of likely N-dealkylation sites (tertiary alicyclic amines) is 1. The molecule has 2 aromatic rings. The van der Waals surface area contributed by atoms with Crippen LogP contribution < -0.4 is 0 Å². The quantitative estimate of drug-likeness (QED) is 0.880. The molecule has 6 heteroatoms. The Bertz CT molecular complexity index is 580. The molecule has 1 atom stereocenters. The third kappa shape index (κ3) is 2.55. The molecule has 0 aliphatic carbocycles. The minimum atomic E-state index is -0.411. The number of aliphatic hydroxyl groups is 1. The van der Waals surface area contributed by atoms with Gasteiger partial charge in [0.15, 0.2) is 0 Å². The van der Waals surface area contributed by atoms with Crippen molar-refractivity contribution in [3.05, 3.63) is 42.6 Å². The molecule has 2 aromatic heterocycles. The first-order valence-corrected chi connectivity index (χ1v) is 6.66. The lowest BCUT2D eigenvalue weighted by Gasteiger charge is -2.30. The average Bonchev–Trinajstić information content (AvgIpc) is 3.01. The summed E-state index contributed by atoms with van der Waals surface area (Å²) in [5.74, 6) is 0.645. The summed E-state index contributed by atoms with van der Waals surface area (Å²) in [6.07, 6.45) is 7.89. The molecule has 1 saturated heterocycles. The minimum Gasteiger partial charge on any atom is -0.391 e. The van der Waals surface area contributed by atoms with Crippen LogP contribution in [0.5, 0.6) is 0 Å². The summed E-state index contributed by atoms with van der Waals surface area (Å²) in [6.45, 7) is 1.10. The third-order valence-electron chi connectivity index (χ3n) is 3.45. The molecule has 104 valence electrons. The van der Waals surface area contributed by atoms with Crippen LogP contribution in [0.1, 0.15) is 23.2 Å². The standard InChI is InChI=1S/C14H16N4O2/c19-12-2-1-6-17(9-12)14(20)11-3-4-13(16-8-11)18-7-5-15-10-18/h3-5,7-8,10,12,19H,1-2,6,9H2. The summed E-state index contributed by atoms with van der Waals surface area (Å²) < 4.78 is 1.78. The van der Waals surface area contributed by atoms with Gasteiger partial charge in [0.25, 0.3) is 5.91 Å². The molecule has 1 N–H and O–H groups in total. The molecule has 0 radical (unpaired) electrons. The van der Waals surface area contributed by atoms with Crippen LogP contribution in [-0.2, 0) is 0 Å². The lowest BCUT2D eigenvalue weighted by atomic mass is 10.1. The molecule has 1 aliphatic rings. The molecule has 1 unspecified atom stereocenters. The van der Waals surface area contributed by atoms with E-state index in [2.05, 4.69) is 9.97 Å². The van der Waals surface area contributed by atoms with Gasteiger partial charge in [-0.3, -0.25) is 9.36 Å². The maximum absolute atomic E-state index is 12.3. The summed E-state index contributed by atoms with van der Waals surface area (Å²) in [5, 5.41) is 9.62. The number of carbonyl (C=O) groups excluding carboxylic acids is 1. The second-order valence-corrected chi connectivity index (χ2v) is 4.92. The fourth-order valence-corrected chi connectivity index (χ4v) is 2.38. The van der Waals surface area contributed by atoms with Crippen LogP contribution in [0.3, 0.4) is 0 Å². The van der Waals surface area contributed by atoms with Crippen molar-refractivity contribution < 1.29 is 9.90 Å². The molecule has 0 bridgehead atoms. The molecule has 0 aromatic carbocycles. The van der Waals surface area contributed by atoms with Gasteiger partial charge in [0.1, 0.15) is 12.1 Å². The van der Waals surface area contributed by atoms with Gasteiger partial charge in [-0.25, -0.2) is 9.97 Å². The fourth-order valence-electron chi connectivity index (χ4n) is 2.38. The Balaban J connectivity index is 1.75. The molecule has 20 heavy (non-hydrogen) atoms. The number of aromatic nitrogens is 3. The van der Waals surface area contributed by atoms with Crippen LogP contribution in [0.15, 0.2) is 37.1 Å². The summed E-state index contributed by atoms with van der Waals surface area (Å²) in [5.41, 5.74) is 0.544. The van der Waals surface area contributed by atoms with Gasteiger partial charge in [0.05, 0.1) is 11.7 Å². The zero-order valence-corrected chi connectivity index (χ0v) is 11.0. The Morgan fingerprint density at radius 1 is 1.40 bits per heavy atom. The Hall–Kier alpha value is -2.21. The highest BCUT2D eigenvalue weighted by Crippen LogP contribution is 2.14. The number of hydrogen-bond acceptors (Lipinski definition) is 4. The first-order chi connectivity index (χ1) is 9.74. The number of rotatable bonds is 2. The predicted molar refractivity (Wildman–Crippen MR) is 72.5 cm³/mol. The van der Waals surface area contributed by atoms with Crippen molar-refractivity contribution in [3.63, 3.8) is 0 Å². The monoisotopic (exact) mass is 272 g/mol. The first-order valence-electron chi connectivity index (χ1n) is 6.66. The van der Waals surface area contributed by atoms with E-state index in [-0.39, 0.29) is 5.91 Å². The van der Waals surface area contributed by atoms with Gasteiger partial charge in [-0.2, -0.15) is 0 Å². The van der Waals surface area contributed by atoms with E-state index in [0.717, 1.165) is 18.7 Å². The second kappa shape index (κ2) is 5.42. The highest BCUT2D eigenvalue weighted by molar-refractivity contribution is 5.94. The number of piperidine rings is 1. The molecule has 1 amide bonds. The van der Waals surface area contributed by atoms with Crippen molar-refractivity contribution in [1.82, 2.24) is 19.4 Å². The number of imidazole rings is 1. The van der Waals surface area contributed by atoms with Gasteiger partial charge in [-0.1, -0.05) is 0 Å². The number of carbonyl (C=O) groups is 1. The van der Waals surface area contributed by atoms with Gasteiger partial charge >= 0.3 is 0 Å². The van der Waals surface area contributed by atoms with Crippen LogP contribution in [0.25, 0.3) is 5.82 Å². The Kier molecular flexibility index (Phi) is 3.47. The Labute approximate surface area is 116 Å². The summed E-state index contributed by atoms with van der Waals surface area (Å²) in [7, 11) is 0. The number of hydrogen-bond donors (Lipinski definition) is 1. The highest BCUT2D eigenvalue weighted by atomic mass is 16.3. The maximum atomic E-state index is 12.3. The van der Waals surface area contributed by atoms with E-state index >= 15 is 0 Å². The number of β-amino-alcohol motifs (C(OH)–C–C–N with tert-alkyl or cyclic N) is 1. The lowest BCUT2D eigenvalue weighted by Crippen LogP contribution is -2.42. The van der Waals surface area contributed by atoms with Crippen LogP contribution in [0, 0.1) is 0 Å². The Morgan fingerprint density at radius 2 is 2.30 bits per heavy atom. The van der Waals surface area contributed by atoms with Gasteiger partial charge in [0.2, 0.25) is 0 Å². The summed E-state index contributed by atoms with van der Waals surface area (Å²) in [6, 6.07) is 3.54. The SMILES string of the molecule is O=C(c1ccc(-n2ccnc2)nc1)N1CCCC(O)C1. The van der Waals surface area contributed by atoms with E-state index in [9.17, 15) is 9.90 Å². The van der Waals surface area contributed by atoms with Crippen molar-refractivity contribution >= 4 is 5.91 Å². The van der Waals surface area contributed by atoms with Crippen LogP contribution in [0.4, 0.5) is 0 Å². The normalized spacial score (nSPS) is 19.1. The largest absolute Gasteiger partial charge is 0.391 e. The molecular weight excluding hydrogens is 256 g/mol. The lowest BCUT2D eigenvalue weighted by molar-refractivity contribution is 0.0473. The van der Waals surface area contributed by atoms with Crippen molar-refractivity contribution in [1.29, 1.82) is 0 Å². The topological polar surface area (TPSA) is 71.2 Å². The number of amides is 1. The minimum absolute atomic E-state index is 0.0755. The van der Waals surface area contributed by atoms with Crippen LogP contribution >= 0.6 is 0 Å². The second-order valence-electron chi connectivity index (χ2n) is 4.92. The predicted octanol–water partition coefficient (Wildman–Crippen LogP) is 0.864. The van der Waals surface area contributed by atoms with E-state index in [1.165, 1.54) is 0 Å². The van der Waals surface area contributed by atoms with Crippen molar-refractivity contribution in [2.75, 3.05) is 13.1 Å². The smallest absolute Gasteiger partial charge is 0.255 e. The number of pyridine rings is 1. The molecule has 1 aliphatic heterocycles. The Morgan fingerprint density at radius 3 is 2.95 bits per heavy atom. The van der Waals surface area contributed by atoms with E-state index in [1.54, 1.807) is 46.5 Å². The van der Waals surface area contributed by atoms with Crippen molar-refractivity contribution in [2.45, 2.75) is 18.9 Å². The number of nitrogens with zero attached hydrogens (tertiary/aromatic N) is 4. The maximum Gasteiger partial charge on any atom is 0.255 e. The van der Waals surface area contributed by atoms with Gasteiger partial charge in [-0.15, -0.1) is 0 Å². The first kappa shape index (κ1) is 12.8. The van der Waals surface area contributed by atoms with Gasteiger partial charge in [0, 0.05) is 31.7 Å². The van der Waals surface area contributed by atoms with E-state index in [0.29, 0.717) is 18.7 Å². The molecule has 6 nitrogen and oxygen atoms in total. The van der Waals surface area contributed by atoms with Crippen LogP contribution in [-0.4, -0.2) is 49.6 Å². The van der Waals surface area contributed by atoms with Gasteiger partial charge < -0.3 is 10.0 Å². The highest BCUT2D eigenvalue weighted by Gasteiger charge is 2.23. The number of aliphatic hydroxyl groups excluding tert-OH is 1. The molecule has 0 saturated carbocycles. The van der Waals surface area contributed by atoms with Gasteiger partial charge in [-0.05, 0) is 25.0 Å². The summed E-state index contributed by atoms with van der Waals surface area (Å²) >= 11 is 0. The molecule has 3 heterocycles. The molecule has 3 rings (SSSR count). The molecule has 0 spiro atoms. The fraction of sp³-hybridized carbons (Fsp3) is 0.357. The molecular formula is C14H16N4O2. The zero-order chi connectivity index (χ0) is 13.9. The van der Waals surface area contributed by atoms with E-state index in [1.807, 2.05) is 0 Å².